The van der Waals surface area contributed by atoms with Crippen LogP contribution in [0.5, 0.6) is 0 Å². The summed E-state index contributed by atoms with van der Waals surface area (Å²) in [6.45, 7) is 1.82. The van der Waals surface area contributed by atoms with Crippen LogP contribution in [0.25, 0.3) is 0 Å². The molecule has 2 atom stereocenters. The Balaban J connectivity index is 1.98. The number of carbonyl (C=O) groups excluding carboxylic acids is 2. The SMILES string of the molecule is C[C@H](NC(=O)[C@@H](C(=O)c1ccccc1)n1cc(Cl)ccc1=O)c1ccccc1. The molecule has 0 radical (unpaired) electrons. The minimum Gasteiger partial charge on any atom is -0.347 e. The maximum absolute atomic E-state index is 13.1. The van der Waals surface area contributed by atoms with Crippen LogP contribution in [0.2, 0.25) is 5.02 Å². The number of amides is 1. The molecule has 0 bridgehead atoms. The smallest absolute Gasteiger partial charge is 0.251 e. The number of hydrogen-bond donors (Lipinski definition) is 1. The summed E-state index contributed by atoms with van der Waals surface area (Å²) in [4.78, 5) is 38.6. The van der Waals surface area contributed by atoms with E-state index >= 15 is 0 Å². The molecule has 0 saturated carbocycles. The highest BCUT2D eigenvalue weighted by molar-refractivity contribution is 6.30. The number of pyridine rings is 1. The van der Waals surface area contributed by atoms with Crippen molar-refractivity contribution < 1.29 is 9.59 Å². The number of nitrogens with zero attached hydrogens (tertiary/aromatic N) is 1. The second kappa shape index (κ2) is 8.67. The average molecular weight is 395 g/mol. The molecule has 0 saturated heterocycles. The van der Waals surface area contributed by atoms with Gasteiger partial charge in [-0.1, -0.05) is 72.3 Å². The van der Waals surface area contributed by atoms with Gasteiger partial charge >= 0.3 is 0 Å². The Morgan fingerprint density at radius 3 is 2.18 bits per heavy atom. The van der Waals surface area contributed by atoms with Crippen LogP contribution in [0.3, 0.4) is 0 Å². The lowest BCUT2D eigenvalue weighted by molar-refractivity contribution is -0.123. The first-order chi connectivity index (χ1) is 13.5. The van der Waals surface area contributed by atoms with E-state index in [-0.39, 0.29) is 11.1 Å². The minimum absolute atomic E-state index is 0.259. The van der Waals surface area contributed by atoms with Crippen molar-refractivity contribution in [2.45, 2.75) is 19.0 Å². The first-order valence-corrected chi connectivity index (χ1v) is 9.17. The zero-order valence-corrected chi connectivity index (χ0v) is 16.0. The van der Waals surface area contributed by atoms with Gasteiger partial charge in [-0.05, 0) is 18.6 Å². The number of ketones is 1. The zero-order chi connectivity index (χ0) is 20.1. The van der Waals surface area contributed by atoms with Gasteiger partial charge in [0.05, 0.1) is 11.1 Å². The van der Waals surface area contributed by atoms with Gasteiger partial charge in [0.15, 0.2) is 11.8 Å². The number of benzene rings is 2. The maximum Gasteiger partial charge on any atom is 0.251 e. The molecule has 0 aliphatic rings. The average Bonchev–Trinajstić information content (AvgIpc) is 2.72. The van der Waals surface area contributed by atoms with Crippen molar-refractivity contribution in [3.63, 3.8) is 0 Å². The third kappa shape index (κ3) is 4.38. The van der Waals surface area contributed by atoms with Crippen molar-refractivity contribution in [1.29, 1.82) is 0 Å². The fraction of sp³-hybridized carbons (Fsp3) is 0.136. The second-order valence-electron chi connectivity index (χ2n) is 6.37. The molecule has 5 nitrogen and oxygen atoms in total. The van der Waals surface area contributed by atoms with Crippen LogP contribution in [0.15, 0.2) is 83.8 Å². The summed E-state index contributed by atoms with van der Waals surface area (Å²) in [5.74, 6) is -1.06. The molecule has 0 unspecified atom stereocenters. The van der Waals surface area contributed by atoms with Gasteiger partial charge in [0.25, 0.3) is 11.5 Å². The fourth-order valence-corrected chi connectivity index (χ4v) is 3.10. The Hall–Kier alpha value is -3.18. The van der Waals surface area contributed by atoms with Gasteiger partial charge < -0.3 is 5.32 Å². The number of halogens is 1. The van der Waals surface area contributed by atoms with Crippen molar-refractivity contribution in [1.82, 2.24) is 9.88 Å². The molecule has 0 aliphatic carbocycles. The van der Waals surface area contributed by atoms with Gasteiger partial charge in [0.2, 0.25) is 0 Å². The van der Waals surface area contributed by atoms with Crippen molar-refractivity contribution >= 4 is 23.3 Å². The van der Waals surface area contributed by atoms with Crippen LogP contribution in [0.4, 0.5) is 0 Å². The molecule has 1 heterocycles. The van der Waals surface area contributed by atoms with E-state index in [1.54, 1.807) is 30.3 Å². The van der Waals surface area contributed by atoms with Crippen molar-refractivity contribution in [3.8, 4) is 0 Å². The Kier molecular flexibility index (Phi) is 6.06. The van der Waals surface area contributed by atoms with Gasteiger partial charge in [0, 0.05) is 17.8 Å². The van der Waals surface area contributed by atoms with Crippen molar-refractivity contribution in [3.05, 3.63) is 105 Å². The Labute approximate surface area is 167 Å². The highest BCUT2D eigenvalue weighted by atomic mass is 35.5. The van der Waals surface area contributed by atoms with E-state index in [0.717, 1.165) is 10.1 Å². The summed E-state index contributed by atoms with van der Waals surface area (Å²) < 4.78 is 1.07. The summed E-state index contributed by atoms with van der Waals surface area (Å²) >= 11 is 6.02. The molecule has 28 heavy (non-hydrogen) atoms. The molecular formula is C22H19ClN2O3. The summed E-state index contributed by atoms with van der Waals surface area (Å²) in [6, 6.07) is 18.7. The zero-order valence-electron chi connectivity index (χ0n) is 15.2. The van der Waals surface area contributed by atoms with Crippen molar-refractivity contribution in [2.24, 2.45) is 0 Å². The van der Waals surface area contributed by atoms with E-state index in [0.29, 0.717) is 5.56 Å². The standard InChI is InChI=1S/C22H19ClN2O3/c1-15(16-8-4-2-5-9-16)24-22(28)20(21(27)17-10-6-3-7-11-17)25-14-18(23)12-13-19(25)26/h2-15,20H,1H3,(H,24,28)/t15-,20+/m0/s1. The number of carbonyl (C=O) groups is 2. The topological polar surface area (TPSA) is 68.2 Å². The van der Waals surface area contributed by atoms with Crippen LogP contribution in [0, 0.1) is 0 Å². The van der Waals surface area contributed by atoms with Gasteiger partial charge in [-0.2, -0.15) is 0 Å². The normalized spacial score (nSPS) is 12.8. The van der Waals surface area contributed by atoms with Crippen LogP contribution >= 0.6 is 11.6 Å². The van der Waals surface area contributed by atoms with E-state index in [2.05, 4.69) is 5.32 Å². The molecule has 142 valence electrons. The molecule has 3 rings (SSSR count). The van der Waals surface area contributed by atoms with E-state index in [1.807, 2.05) is 37.3 Å². The molecule has 1 aromatic heterocycles. The molecule has 2 aromatic carbocycles. The molecule has 1 amide bonds. The summed E-state index contributed by atoms with van der Waals surface area (Å²) in [7, 11) is 0. The number of nitrogens with one attached hydrogen (secondary N) is 1. The molecule has 6 heteroatoms. The van der Waals surface area contributed by atoms with E-state index in [1.165, 1.54) is 18.3 Å². The van der Waals surface area contributed by atoms with E-state index in [9.17, 15) is 14.4 Å². The summed E-state index contributed by atoms with van der Waals surface area (Å²) in [5.41, 5.74) is 0.739. The van der Waals surface area contributed by atoms with Gasteiger partial charge in [-0.15, -0.1) is 0 Å². The third-order valence-electron chi connectivity index (χ3n) is 4.39. The molecule has 0 fully saturated rings. The minimum atomic E-state index is -1.36. The first-order valence-electron chi connectivity index (χ1n) is 8.79. The van der Waals surface area contributed by atoms with Gasteiger partial charge in [0.1, 0.15) is 0 Å². The number of hydrogen-bond acceptors (Lipinski definition) is 3. The predicted octanol–water partition coefficient (Wildman–Crippen LogP) is 3.80. The summed E-state index contributed by atoms with van der Waals surface area (Å²) in [5, 5.41) is 3.09. The number of rotatable bonds is 6. The van der Waals surface area contributed by atoms with E-state index in [4.69, 9.17) is 11.6 Å². The highest BCUT2D eigenvalue weighted by Gasteiger charge is 2.31. The van der Waals surface area contributed by atoms with Crippen molar-refractivity contribution in [2.75, 3.05) is 0 Å². The monoisotopic (exact) mass is 394 g/mol. The van der Waals surface area contributed by atoms with Crippen LogP contribution < -0.4 is 10.9 Å². The van der Waals surface area contributed by atoms with Gasteiger partial charge in [-0.25, -0.2) is 0 Å². The maximum atomic E-state index is 13.1. The molecule has 0 spiro atoms. The molecule has 1 N–H and O–H groups in total. The Bertz CT molecular complexity index is 1030. The quantitative estimate of drug-likeness (QED) is 0.510. The lowest BCUT2D eigenvalue weighted by atomic mass is 10.0. The fourth-order valence-electron chi connectivity index (χ4n) is 2.93. The van der Waals surface area contributed by atoms with Crippen LogP contribution in [0.1, 0.15) is 34.9 Å². The molecular weight excluding hydrogens is 376 g/mol. The Morgan fingerprint density at radius 1 is 0.929 bits per heavy atom. The predicted molar refractivity (Wildman–Crippen MR) is 109 cm³/mol. The number of Topliss-reactive ketones (excluding diaryl/α,β-unsaturated/α-hetero) is 1. The third-order valence-corrected chi connectivity index (χ3v) is 4.62. The first kappa shape index (κ1) is 19.6. The van der Waals surface area contributed by atoms with E-state index < -0.39 is 23.3 Å². The van der Waals surface area contributed by atoms with Crippen LogP contribution in [-0.2, 0) is 4.79 Å². The van der Waals surface area contributed by atoms with Crippen LogP contribution in [-0.4, -0.2) is 16.3 Å². The largest absolute Gasteiger partial charge is 0.347 e. The molecule has 3 aromatic rings. The Morgan fingerprint density at radius 2 is 1.54 bits per heavy atom. The van der Waals surface area contributed by atoms with Gasteiger partial charge in [-0.3, -0.25) is 19.0 Å². The number of aromatic nitrogens is 1. The lowest BCUT2D eigenvalue weighted by Crippen LogP contribution is -2.42. The second-order valence-corrected chi connectivity index (χ2v) is 6.80. The highest BCUT2D eigenvalue weighted by Crippen LogP contribution is 2.18. The lowest BCUT2D eigenvalue weighted by Gasteiger charge is -2.22. The summed E-state index contributed by atoms with van der Waals surface area (Å²) in [6.07, 6.45) is 1.31. The molecule has 0 aliphatic heterocycles.